The van der Waals surface area contributed by atoms with E-state index in [-0.39, 0.29) is 5.41 Å². The minimum absolute atomic E-state index is 0.179. The summed E-state index contributed by atoms with van der Waals surface area (Å²) in [6, 6.07) is 17.6. The van der Waals surface area contributed by atoms with E-state index in [4.69, 9.17) is 16.0 Å². The highest BCUT2D eigenvalue weighted by Gasteiger charge is 2.22. The maximum absolute atomic E-state index is 6.04. The van der Waals surface area contributed by atoms with Gasteiger partial charge in [0.05, 0.1) is 5.75 Å². The number of nitrogens with zero attached hydrogens (tertiary/aromatic N) is 5. The molecule has 148 valence electrons. The first kappa shape index (κ1) is 19.7. The summed E-state index contributed by atoms with van der Waals surface area (Å²) in [6.07, 6.45) is 0. The van der Waals surface area contributed by atoms with Gasteiger partial charge in [-0.15, -0.1) is 20.4 Å². The average molecular weight is 426 g/mol. The molecule has 0 saturated carbocycles. The zero-order chi connectivity index (χ0) is 20.4. The molecule has 6 nitrogen and oxygen atoms in total. The van der Waals surface area contributed by atoms with Crippen LogP contribution in [0.15, 0.2) is 64.2 Å². The van der Waals surface area contributed by atoms with Gasteiger partial charge < -0.3 is 4.42 Å². The molecule has 0 atom stereocenters. The molecule has 0 bridgehead atoms. The van der Waals surface area contributed by atoms with Crippen LogP contribution < -0.4 is 0 Å². The predicted octanol–water partition coefficient (Wildman–Crippen LogP) is 5.56. The van der Waals surface area contributed by atoms with Crippen molar-refractivity contribution in [2.24, 2.45) is 0 Å². The number of thioether (sulfide) groups is 1. The van der Waals surface area contributed by atoms with Gasteiger partial charge in [-0.2, -0.15) is 0 Å². The van der Waals surface area contributed by atoms with Crippen molar-refractivity contribution < 1.29 is 4.42 Å². The third kappa shape index (κ3) is 4.36. The fourth-order valence-electron chi connectivity index (χ4n) is 2.70. The van der Waals surface area contributed by atoms with E-state index in [1.54, 1.807) is 0 Å². The molecule has 0 amide bonds. The highest BCUT2D eigenvalue weighted by molar-refractivity contribution is 7.98. The number of para-hydroxylation sites is 1. The summed E-state index contributed by atoms with van der Waals surface area (Å²) in [4.78, 5) is 0. The van der Waals surface area contributed by atoms with Crippen LogP contribution in [0.5, 0.6) is 0 Å². The molecule has 0 aliphatic heterocycles. The average Bonchev–Trinajstić information content (AvgIpc) is 3.35. The van der Waals surface area contributed by atoms with Crippen LogP contribution in [0.3, 0.4) is 0 Å². The maximum atomic E-state index is 6.04. The molecule has 29 heavy (non-hydrogen) atoms. The lowest BCUT2D eigenvalue weighted by Gasteiger charge is -2.11. The molecule has 2 aromatic heterocycles. The monoisotopic (exact) mass is 425 g/mol. The van der Waals surface area contributed by atoms with Gasteiger partial charge in [0, 0.05) is 21.7 Å². The minimum Gasteiger partial charge on any atom is -0.424 e. The summed E-state index contributed by atoms with van der Waals surface area (Å²) in [6.45, 7) is 6.13. The Hall–Kier alpha value is -2.64. The number of hydrogen-bond acceptors (Lipinski definition) is 6. The first-order valence-corrected chi connectivity index (χ1v) is 10.5. The van der Waals surface area contributed by atoms with E-state index in [9.17, 15) is 0 Å². The standard InChI is InChI=1S/C21H20ClN5OS/c1-21(2,3)19-25-23-17(28-19)13-29-20-26-24-18(14-9-11-15(22)12-10-14)27(20)16-7-5-4-6-8-16/h4-12H,13H2,1-3H3. The molecule has 0 saturated heterocycles. The quantitative estimate of drug-likeness (QED) is 0.390. The summed E-state index contributed by atoms with van der Waals surface area (Å²) >= 11 is 7.55. The van der Waals surface area contributed by atoms with Crippen LogP contribution in [0, 0.1) is 0 Å². The van der Waals surface area contributed by atoms with Crippen LogP contribution in [0.25, 0.3) is 17.1 Å². The van der Waals surface area contributed by atoms with Gasteiger partial charge in [-0.1, -0.05) is 62.3 Å². The minimum atomic E-state index is -0.179. The number of halogens is 1. The highest BCUT2D eigenvalue weighted by atomic mass is 35.5. The molecule has 2 heterocycles. The Morgan fingerprint density at radius 2 is 1.66 bits per heavy atom. The summed E-state index contributed by atoms with van der Waals surface area (Å²) in [5, 5.41) is 18.6. The lowest BCUT2D eigenvalue weighted by atomic mass is 9.97. The molecule has 2 aromatic carbocycles. The Morgan fingerprint density at radius 3 is 2.31 bits per heavy atom. The Labute approximate surface area is 178 Å². The van der Waals surface area contributed by atoms with Crippen molar-refractivity contribution >= 4 is 23.4 Å². The zero-order valence-electron chi connectivity index (χ0n) is 16.3. The van der Waals surface area contributed by atoms with Gasteiger partial charge in [0.1, 0.15) is 0 Å². The van der Waals surface area contributed by atoms with Crippen molar-refractivity contribution in [2.45, 2.75) is 37.1 Å². The molecule has 0 spiro atoms. The van der Waals surface area contributed by atoms with E-state index in [0.717, 1.165) is 22.2 Å². The summed E-state index contributed by atoms with van der Waals surface area (Å²) < 4.78 is 7.83. The normalized spacial score (nSPS) is 11.7. The lowest BCUT2D eigenvalue weighted by Crippen LogP contribution is -2.11. The van der Waals surface area contributed by atoms with Gasteiger partial charge >= 0.3 is 0 Å². The molecule has 0 aliphatic carbocycles. The largest absolute Gasteiger partial charge is 0.424 e. The summed E-state index contributed by atoms with van der Waals surface area (Å²) in [7, 11) is 0. The Morgan fingerprint density at radius 1 is 0.931 bits per heavy atom. The number of aromatic nitrogens is 5. The number of benzene rings is 2. The van der Waals surface area contributed by atoms with Crippen molar-refractivity contribution in [2.75, 3.05) is 0 Å². The molecule has 4 aromatic rings. The molecule has 4 rings (SSSR count). The van der Waals surface area contributed by atoms with Crippen molar-refractivity contribution in [3.8, 4) is 17.1 Å². The van der Waals surface area contributed by atoms with E-state index < -0.39 is 0 Å². The van der Waals surface area contributed by atoms with Crippen LogP contribution >= 0.6 is 23.4 Å². The van der Waals surface area contributed by atoms with E-state index >= 15 is 0 Å². The molecule has 0 radical (unpaired) electrons. The second kappa shape index (κ2) is 8.00. The smallest absolute Gasteiger partial charge is 0.226 e. The Balaban J connectivity index is 1.66. The SMILES string of the molecule is CC(C)(C)c1nnc(CSc2nnc(-c3ccc(Cl)cc3)n2-c2ccccc2)o1. The van der Waals surface area contributed by atoms with Crippen LogP contribution in [-0.4, -0.2) is 25.0 Å². The topological polar surface area (TPSA) is 69.6 Å². The summed E-state index contributed by atoms with van der Waals surface area (Å²) in [5.74, 6) is 2.45. The van der Waals surface area contributed by atoms with Crippen molar-refractivity contribution in [1.82, 2.24) is 25.0 Å². The first-order chi connectivity index (χ1) is 13.9. The number of rotatable bonds is 5. The third-order valence-electron chi connectivity index (χ3n) is 4.18. The van der Waals surface area contributed by atoms with Gasteiger partial charge in [0.2, 0.25) is 11.8 Å². The van der Waals surface area contributed by atoms with Crippen molar-refractivity contribution in [1.29, 1.82) is 0 Å². The van der Waals surface area contributed by atoms with Crippen LogP contribution in [0.1, 0.15) is 32.6 Å². The van der Waals surface area contributed by atoms with Gasteiger partial charge in [-0.05, 0) is 36.4 Å². The van der Waals surface area contributed by atoms with Crippen molar-refractivity contribution in [3.05, 3.63) is 71.4 Å². The predicted molar refractivity (Wildman–Crippen MR) is 114 cm³/mol. The second-order valence-electron chi connectivity index (χ2n) is 7.52. The van der Waals surface area contributed by atoms with Gasteiger partial charge in [0.15, 0.2) is 11.0 Å². The van der Waals surface area contributed by atoms with Gasteiger partial charge in [-0.3, -0.25) is 4.57 Å². The first-order valence-electron chi connectivity index (χ1n) is 9.14. The zero-order valence-corrected chi connectivity index (χ0v) is 17.9. The lowest BCUT2D eigenvalue weighted by molar-refractivity contribution is 0.378. The molecule has 0 N–H and O–H groups in total. The molecule has 0 unspecified atom stereocenters. The fraction of sp³-hybridized carbons (Fsp3) is 0.238. The molecular weight excluding hydrogens is 406 g/mol. The van der Waals surface area contributed by atoms with E-state index in [1.165, 1.54) is 11.8 Å². The molecule has 8 heteroatoms. The van der Waals surface area contributed by atoms with Crippen molar-refractivity contribution in [3.63, 3.8) is 0 Å². The molecule has 0 aliphatic rings. The number of hydrogen-bond donors (Lipinski definition) is 0. The Bertz CT molecular complexity index is 1100. The second-order valence-corrected chi connectivity index (χ2v) is 8.90. The fourth-order valence-corrected chi connectivity index (χ4v) is 3.62. The van der Waals surface area contributed by atoms with Gasteiger partial charge in [0.25, 0.3) is 0 Å². The van der Waals surface area contributed by atoms with E-state index in [1.807, 2.05) is 79.9 Å². The van der Waals surface area contributed by atoms with Crippen LogP contribution in [0.4, 0.5) is 0 Å². The Kier molecular flexibility index (Phi) is 5.43. The highest BCUT2D eigenvalue weighted by Crippen LogP contribution is 2.30. The van der Waals surface area contributed by atoms with Gasteiger partial charge in [-0.25, -0.2) is 0 Å². The third-order valence-corrected chi connectivity index (χ3v) is 5.35. The van der Waals surface area contributed by atoms with E-state index in [0.29, 0.717) is 22.6 Å². The van der Waals surface area contributed by atoms with Crippen LogP contribution in [0.2, 0.25) is 5.02 Å². The summed E-state index contributed by atoms with van der Waals surface area (Å²) in [5.41, 5.74) is 1.73. The molecule has 0 fully saturated rings. The van der Waals surface area contributed by atoms with E-state index in [2.05, 4.69) is 20.4 Å². The molecular formula is C21H20ClN5OS. The maximum Gasteiger partial charge on any atom is 0.226 e. The van der Waals surface area contributed by atoms with Crippen LogP contribution in [-0.2, 0) is 11.2 Å².